The van der Waals surface area contributed by atoms with Gasteiger partial charge in [-0.05, 0) is 39.0 Å². The van der Waals surface area contributed by atoms with Crippen molar-refractivity contribution in [2.24, 2.45) is 0 Å². The minimum Gasteiger partial charge on any atom is -0.356 e. The van der Waals surface area contributed by atoms with Crippen LogP contribution in [0.5, 0.6) is 0 Å². The predicted molar refractivity (Wildman–Crippen MR) is 67.2 cm³/mol. The van der Waals surface area contributed by atoms with Gasteiger partial charge in [0, 0.05) is 6.04 Å². The van der Waals surface area contributed by atoms with Crippen LogP contribution in [-0.4, -0.2) is 18.0 Å². The second-order valence-electron chi connectivity index (χ2n) is 4.90. The number of nitrogens with one attached hydrogen (secondary N) is 1. The van der Waals surface area contributed by atoms with Crippen molar-refractivity contribution >= 4 is 17.3 Å². The lowest BCUT2D eigenvalue weighted by Crippen LogP contribution is -2.49. The van der Waals surface area contributed by atoms with Crippen molar-refractivity contribution in [3.05, 3.63) is 23.8 Å². The third kappa shape index (κ3) is 2.39. The second-order valence-corrected chi connectivity index (χ2v) is 4.90. The van der Waals surface area contributed by atoms with Crippen molar-refractivity contribution in [2.45, 2.75) is 39.0 Å². The minimum atomic E-state index is -4.39. The Bertz CT molecular complexity index is 511. The van der Waals surface area contributed by atoms with Crippen molar-refractivity contribution < 1.29 is 18.0 Å². The molecule has 1 amide bonds. The van der Waals surface area contributed by atoms with Crippen LogP contribution < -0.4 is 10.2 Å². The van der Waals surface area contributed by atoms with Gasteiger partial charge in [0.2, 0.25) is 5.91 Å². The Labute approximate surface area is 109 Å². The largest absolute Gasteiger partial charge is 0.416 e. The number of carbonyl (C=O) groups is 1. The summed E-state index contributed by atoms with van der Waals surface area (Å²) in [6.45, 7) is 5.37. The highest BCUT2D eigenvalue weighted by molar-refractivity contribution is 6.03. The highest BCUT2D eigenvalue weighted by Gasteiger charge is 2.35. The molecule has 0 saturated carbocycles. The van der Waals surface area contributed by atoms with Gasteiger partial charge in [-0.15, -0.1) is 0 Å². The van der Waals surface area contributed by atoms with E-state index in [-0.39, 0.29) is 11.9 Å². The molecule has 0 bridgehead atoms. The van der Waals surface area contributed by atoms with E-state index in [0.717, 1.165) is 12.1 Å². The Morgan fingerprint density at radius 1 is 1.32 bits per heavy atom. The minimum absolute atomic E-state index is 0.0664. The average Bonchev–Trinajstić information content (AvgIpc) is 2.28. The lowest BCUT2D eigenvalue weighted by molar-refractivity contribution is -0.137. The molecular formula is C13H15F3N2O. The lowest BCUT2D eigenvalue weighted by atomic mass is 10.0. The summed E-state index contributed by atoms with van der Waals surface area (Å²) in [4.78, 5) is 13.5. The van der Waals surface area contributed by atoms with Crippen LogP contribution in [0.15, 0.2) is 18.2 Å². The molecule has 2 rings (SSSR count). The van der Waals surface area contributed by atoms with Gasteiger partial charge < -0.3 is 10.2 Å². The summed E-state index contributed by atoms with van der Waals surface area (Å²) in [6.07, 6.45) is -4.39. The Morgan fingerprint density at radius 2 is 1.95 bits per heavy atom. The smallest absolute Gasteiger partial charge is 0.356 e. The zero-order valence-corrected chi connectivity index (χ0v) is 10.9. The molecule has 1 unspecified atom stereocenters. The Morgan fingerprint density at radius 3 is 2.47 bits per heavy atom. The van der Waals surface area contributed by atoms with Crippen LogP contribution in [0.25, 0.3) is 0 Å². The van der Waals surface area contributed by atoms with Crippen molar-refractivity contribution in [3.63, 3.8) is 0 Å². The SMILES string of the molecule is CC(C)N1c2cc(C(F)(F)F)ccc2NC(=O)C1C. The van der Waals surface area contributed by atoms with Gasteiger partial charge in [-0.3, -0.25) is 4.79 Å². The zero-order chi connectivity index (χ0) is 14.4. The Hall–Kier alpha value is -1.72. The zero-order valence-electron chi connectivity index (χ0n) is 10.9. The molecule has 1 N–H and O–H groups in total. The molecule has 0 spiro atoms. The van der Waals surface area contributed by atoms with Gasteiger partial charge in [-0.1, -0.05) is 0 Å². The van der Waals surface area contributed by atoms with Gasteiger partial charge >= 0.3 is 6.18 Å². The number of hydrogen-bond donors (Lipinski definition) is 1. The fourth-order valence-electron chi connectivity index (χ4n) is 2.32. The average molecular weight is 272 g/mol. The van der Waals surface area contributed by atoms with Crippen molar-refractivity contribution in [2.75, 3.05) is 10.2 Å². The van der Waals surface area contributed by atoms with Gasteiger partial charge in [-0.2, -0.15) is 13.2 Å². The third-order valence-corrected chi connectivity index (χ3v) is 3.21. The van der Waals surface area contributed by atoms with Crippen molar-refractivity contribution in [1.82, 2.24) is 0 Å². The molecule has 3 nitrogen and oxygen atoms in total. The molecule has 1 aromatic carbocycles. The predicted octanol–water partition coefficient (Wildman–Crippen LogP) is 3.26. The van der Waals surface area contributed by atoms with E-state index in [1.165, 1.54) is 6.07 Å². The van der Waals surface area contributed by atoms with Gasteiger partial charge in [0.05, 0.1) is 16.9 Å². The molecule has 1 aliphatic rings. The van der Waals surface area contributed by atoms with E-state index in [1.54, 1.807) is 11.8 Å². The van der Waals surface area contributed by atoms with Crippen LogP contribution >= 0.6 is 0 Å². The maximum absolute atomic E-state index is 12.8. The van der Waals surface area contributed by atoms with Crippen LogP contribution in [0, 0.1) is 0 Å². The number of benzene rings is 1. The molecule has 1 heterocycles. The van der Waals surface area contributed by atoms with E-state index < -0.39 is 17.8 Å². The maximum atomic E-state index is 12.8. The molecule has 0 saturated heterocycles. The summed E-state index contributed by atoms with van der Waals surface area (Å²) >= 11 is 0. The van der Waals surface area contributed by atoms with E-state index in [1.807, 2.05) is 13.8 Å². The molecule has 0 radical (unpaired) electrons. The molecule has 0 fully saturated rings. The number of halogens is 3. The fraction of sp³-hybridized carbons (Fsp3) is 0.462. The standard InChI is InChI=1S/C13H15F3N2O/c1-7(2)18-8(3)12(19)17-10-5-4-9(6-11(10)18)13(14,15)16/h4-8H,1-3H3,(H,17,19). The molecule has 0 aliphatic carbocycles. The Balaban J connectivity index is 2.55. The summed E-state index contributed by atoms with van der Waals surface area (Å²) in [5.74, 6) is -0.207. The molecule has 1 aromatic rings. The lowest BCUT2D eigenvalue weighted by Gasteiger charge is -2.39. The van der Waals surface area contributed by atoms with Crippen LogP contribution in [0.1, 0.15) is 26.3 Å². The number of fused-ring (bicyclic) bond motifs is 1. The number of nitrogens with zero attached hydrogens (tertiary/aromatic N) is 1. The van der Waals surface area contributed by atoms with E-state index in [2.05, 4.69) is 5.32 Å². The van der Waals surface area contributed by atoms with Crippen LogP contribution in [0.3, 0.4) is 0 Å². The fourth-order valence-corrected chi connectivity index (χ4v) is 2.32. The van der Waals surface area contributed by atoms with Gasteiger partial charge in [0.1, 0.15) is 6.04 Å². The number of rotatable bonds is 1. The van der Waals surface area contributed by atoms with Gasteiger partial charge in [0.25, 0.3) is 0 Å². The Kier molecular flexibility index (Phi) is 3.20. The van der Waals surface area contributed by atoms with E-state index in [9.17, 15) is 18.0 Å². The van der Waals surface area contributed by atoms with Crippen LogP contribution in [-0.2, 0) is 11.0 Å². The topological polar surface area (TPSA) is 32.3 Å². The second kappa shape index (κ2) is 4.43. The highest BCUT2D eigenvalue weighted by Crippen LogP contribution is 2.39. The van der Waals surface area contributed by atoms with E-state index in [4.69, 9.17) is 0 Å². The quantitative estimate of drug-likeness (QED) is 0.851. The number of carbonyl (C=O) groups excluding carboxylic acids is 1. The van der Waals surface area contributed by atoms with E-state index >= 15 is 0 Å². The number of amides is 1. The van der Waals surface area contributed by atoms with Gasteiger partial charge in [-0.25, -0.2) is 0 Å². The normalized spacial score (nSPS) is 19.4. The monoisotopic (exact) mass is 272 g/mol. The number of alkyl halides is 3. The molecule has 6 heteroatoms. The van der Waals surface area contributed by atoms with Crippen molar-refractivity contribution in [1.29, 1.82) is 0 Å². The molecule has 1 aliphatic heterocycles. The summed E-state index contributed by atoms with van der Waals surface area (Å²) in [5.41, 5.74) is 0.127. The first-order valence-electron chi connectivity index (χ1n) is 6.02. The summed E-state index contributed by atoms with van der Waals surface area (Å²) < 4.78 is 38.3. The van der Waals surface area contributed by atoms with Crippen LogP contribution in [0.4, 0.5) is 24.5 Å². The van der Waals surface area contributed by atoms with Gasteiger partial charge in [0.15, 0.2) is 0 Å². The number of anilines is 2. The highest BCUT2D eigenvalue weighted by atomic mass is 19.4. The summed E-state index contributed by atoms with van der Waals surface area (Å²) in [6, 6.07) is 2.81. The summed E-state index contributed by atoms with van der Waals surface area (Å²) in [5, 5.41) is 2.63. The molecule has 19 heavy (non-hydrogen) atoms. The van der Waals surface area contributed by atoms with Crippen molar-refractivity contribution in [3.8, 4) is 0 Å². The molecular weight excluding hydrogens is 257 g/mol. The molecule has 104 valence electrons. The first-order chi connectivity index (χ1) is 8.71. The van der Waals surface area contributed by atoms with Crippen LogP contribution in [0.2, 0.25) is 0 Å². The number of hydrogen-bond acceptors (Lipinski definition) is 2. The van der Waals surface area contributed by atoms with E-state index in [0.29, 0.717) is 11.4 Å². The third-order valence-electron chi connectivity index (χ3n) is 3.21. The first kappa shape index (κ1) is 13.7. The molecule has 1 atom stereocenters. The first-order valence-corrected chi connectivity index (χ1v) is 6.02. The summed E-state index contributed by atoms with van der Waals surface area (Å²) in [7, 11) is 0. The maximum Gasteiger partial charge on any atom is 0.416 e. The molecule has 0 aromatic heterocycles.